The van der Waals surface area contributed by atoms with Crippen LogP contribution in [0.5, 0.6) is 17.2 Å². The van der Waals surface area contributed by atoms with E-state index in [9.17, 15) is 4.39 Å². The van der Waals surface area contributed by atoms with E-state index in [1.807, 2.05) is 12.1 Å². The van der Waals surface area contributed by atoms with Gasteiger partial charge in [-0.3, -0.25) is 0 Å². The van der Waals surface area contributed by atoms with Crippen molar-refractivity contribution in [2.75, 3.05) is 64.6 Å². The van der Waals surface area contributed by atoms with Crippen molar-refractivity contribution in [3.63, 3.8) is 0 Å². The molecule has 2 aliphatic rings. The second-order valence-corrected chi connectivity index (χ2v) is 10.5. The van der Waals surface area contributed by atoms with Crippen molar-refractivity contribution >= 4 is 5.69 Å². The molecular formula is C33H41FN2O5. The van der Waals surface area contributed by atoms with Crippen LogP contribution in [0.25, 0.3) is 0 Å². The highest BCUT2D eigenvalue weighted by atomic mass is 19.1. The van der Waals surface area contributed by atoms with Crippen LogP contribution in [0, 0.1) is 5.82 Å². The van der Waals surface area contributed by atoms with Crippen LogP contribution in [0.3, 0.4) is 0 Å². The Kier molecular flexibility index (Phi) is 10.7. The van der Waals surface area contributed by atoms with Crippen molar-refractivity contribution in [3.05, 3.63) is 83.7 Å². The molecule has 0 radical (unpaired) electrons. The second kappa shape index (κ2) is 15.1. The Hall–Kier alpha value is -3.33. The third kappa shape index (κ3) is 8.35. The molecule has 2 heterocycles. The van der Waals surface area contributed by atoms with Crippen LogP contribution < -0.4 is 24.4 Å². The first-order valence-electron chi connectivity index (χ1n) is 14.6. The summed E-state index contributed by atoms with van der Waals surface area (Å²) in [4.78, 5) is 2.38. The van der Waals surface area contributed by atoms with E-state index in [1.54, 1.807) is 19.2 Å². The summed E-state index contributed by atoms with van der Waals surface area (Å²) in [5.74, 6) is 2.33. The zero-order chi connectivity index (χ0) is 28.3. The van der Waals surface area contributed by atoms with Gasteiger partial charge in [0.05, 0.1) is 38.2 Å². The minimum Gasteiger partial charge on any atom is -0.493 e. The van der Waals surface area contributed by atoms with Crippen molar-refractivity contribution in [2.45, 2.75) is 37.9 Å². The van der Waals surface area contributed by atoms with Crippen LogP contribution in [0.2, 0.25) is 0 Å². The average Bonchev–Trinajstić information content (AvgIpc) is 3.01. The zero-order valence-corrected chi connectivity index (χ0v) is 23.9. The summed E-state index contributed by atoms with van der Waals surface area (Å²) >= 11 is 0. The number of nitrogens with zero attached hydrogens (tertiary/aromatic N) is 1. The summed E-state index contributed by atoms with van der Waals surface area (Å²) < 4.78 is 42.4. The minimum atomic E-state index is -0.297. The highest BCUT2D eigenvalue weighted by Gasteiger charge is 2.27. The SMILES string of the molecule is COCCCN1CCOc2ccc(COC3CNCC[C@@H]3c3ccc(OCCCOc4cccc(F)c4)cc3)cc21. The largest absolute Gasteiger partial charge is 0.493 e. The highest BCUT2D eigenvalue weighted by molar-refractivity contribution is 5.61. The third-order valence-electron chi connectivity index (χ3n) is 7.58. The number of hydrogen-bond donors (Lipinski definition) is 1. The number of methoxy groups -OCH3 is 1. The summed E-state index contributed by atoms with van der Waals surface area (Å²) in [5, 5.41) is 3.50. The van der Waals surface area contributed by atoms with Crippen LogP contribution in [-0.4, -0.2) is 65.8 Å². The number of nitrogens with one attached hydrogen (secondary N) is 1. The standard InChI is InChI=1S/C33H41FN2O5/c1-37-17-3-15-36-16-20-40-32-12-7-25(21-31(32)36)24-41-33-23-35-14-13-30(33)26-8-10-28(11-9-26)38-18-4-19-39-29-6-2-5-27(34)22-29/h2,5-12,21-22,30,33,35H,3-4,13-20,23-24H2,1H3/t30-,33?/m1/s1. The molecular weight excluding hydrogens is 523 g/mol. The van der Waals surface area contributed by atoms with E-state index in [0.29, 0.717) is 44.5 Å². The molecule has 1 fully saturated rings. The van der Waals surface area contributed by atoms with Gasteiger partial charge in [0.15, 0.2) is 0 Å². The van der Waals surface area contributed by atoms with Crippen molar-refractivity contribution in [1.82, 2.24) is 5.32 Å². The van der Waals surface area contributed by atoms with Gasteiger partial charge in [-0.2, -0.15) is 0 Å². The molecule has 3 aromatic rings. The molecule has 1 unspecified atom stereocenters. The molecule has 0 aromatic heterocycles. The first-order valence-corrected chi connectivity index (χ1v) is 14.6. The van der Waals surface area contributed by atoms with E-state index in [0.717, 1.165) is 68.4 Å². The number of benzene rings is 3. The molecule has 2 atom stereocenters. The van der Waals surface area contributed by atoms with Gasteiger partial charge in [-0.25, -0.2) is 4.39 Å². The Balaban J connectivity index is 1.11. The Labute approximate surface area is 242 Å². The van der Waals surface area contributed by atoms with Crippen LogP contribution in [0.1, 0.15) is 36.3 Å². The van der Waals surface area contributed by atoms with Gasteiger partial charge < -0.3 is 33.9 Å². The van der Waals surface area contributed by atoms with Gasteiger partial charge in [0.2, 0.25) is 0 Å². The molecule has 0 bridgehead atoms. The molecule has 0 aliphatic carbocycles. The topological polar surface area (TPSA) is 61.4 Å². The van der Waals surface area contributed by atoms with Crippen LogP contribution in [0.4, 0.5) is 10.1 Å². The quantitative estimate of drug-likeness (QED) is 0.257. The summed E-state index contributed by atoms with van der Waals surface area (Å²) in [6.07, 6.45) is 2.80. The Morgan fingerprint density at radius 1 is 0.951 bits per heavy atom. The highest BCUT2D eigenvalue weighted by Crippen LogP contribution is 2.34. The zero-order valence-electron chi connectivity index (χ0n) is 23.9. The lowest BCUT2D eigenvalue weighted by atomic mass is 9.87. The van der Waals surface area contributed by atoms with E-state index >= 15 is 0 Å². The predicted octanol–water partition coefficient (Wildman–Crippen LogP) is 5.57. The lowest BCUT2D eigenvalue weighted by Gasteiger charge is -2.33. The third-order valence-corrected chi connectivity index (χ3v) is 7.58. The van der Waals surface area contributed by atoms with E-state index in [4.69, 9.17) is 23.7 Å². The normalized spacial score (nSPS) is 18.4. The maximum Gasteiger partial charge on any atom is 0.142 e. The van der Waals surface area contributed by atoms with Crippen LogP contribution in [0.15, 0.2) is 66.7 Å². The maximum absolute atomic E-state index is 13.3. The molecule has 8 heteroatoms. The van der Waals surface area contributed by atoms with Gasteiger partial charge in [-0.05, 0) is 66.9 Å². The summed E-state index contributed by atoms with van der Waals surface area (Å²) in [5.41, 5.74) is 3.56. The Morgan fingerprint density at radius 3 is 2.63 bits per heavy atom. The van der Waals surface area contributed by atoms with Crippen molar-refractivity contribution < 1.29 is 28.1 Å². The smallest absolute Gasteiger partial charge is 0.142 e. The molecule has 0 saturated carbocycles. The molecule has 41 heavy (non-hydrogen) atoms. The van der Waals surface area contributed by atoms with Gasteiger partial charge in [-0.15, -0.1) is 0 Å². The van der Waals surface area contributed by atoms with Gasteiger partial charge in [0, 0.05) is 45.2 Å². The molecule has 0 amide bonds. The van der Waals surface area contributed by atoms with Crippen molar-refractivity contribution in [2.24, 2.45) is 0 Å². The van der Waals surface area contributed by atoms with E-state index in [1.165, 1.54) is 17.7 Å². The number of anilines is 1. The minimum absolute atomic E-state index is 0.0839. The molecule has 2 aliphatic heterocycles. The summed E-state index contributed by atoms with van der Waals surface area (Å²) in [6, 6.07) is 20.9. The molecule has 5 rings (SSSR count). The Morgan fingerprint density at radius 2 is 1.80 bits per heavy atom. The lowest BCUT2D eigenvalue weighted by Crippen LogP contribution is -2.41. The lowest BCUT2D eigenvalue weighted by molar-refractivity contribution is 0.0106. The number of hydrogen-bond acceptors (Lipinski definition) is 7. The predicted molar refractivity (Wildman–Crippen MR) is 158 cm³/mol. The van der Waals surface area contributed by atoms with Gasteiger partial charge in [0.25, 0.3) is 0 Å². The molecule has 1 saturated heterocycles. The number of fused-ring (bicyclic) bond motifs is 1. The van der Waals surface area contributed by atoms with Crippen molar-refractivity contribution in [1.29, 1.82) is 0 Å². The molecule has 3 aromatic carbocycles. The van der Waals surface area contributed by atoms with E-state index < -0.39 is 0 Å². The fourth-order valence-corrected chi connectivity index (χ4v) is 5.44. The van der Waals surface area contributed by atoms with Crippen LogP contribution in [-0.2, 0) is 16.1 Å². The second-order valence-electron chi connectivity index (χ2n) is 10.5. The van der Waals surface area contributed by atoms with Gasteiger partial charge >= 0.3 is 0 Å². The van der Waals surface area contributed by atoms with Gasteiger partial charge in [0.1, 0.15) is 29.7 Å². The first-order chi connectivity index (χ1) is 20.2. The fraction of sp³-hybridized carbons (Fsp3) is 0.455. The molecule has 220 valence electrons. The van der Waals surface area contributed by atoms with E-state index in [2.05, 4.69) is 40.5 Å². The van der Waals surface area contributed by atoms with Crippen LogP contribution >= 0.6 is 0 Å². The number of ether oxygens (including phenoxy) is 5. The monoisotopic (exact) mass is 564 g/mol. The van der Waals surface area contributed by atoms with Crippen molar-refractivity contribution in [3.8, 4) is 17.2 Å². The first kappa shape index (κ1) is 29.2. The summed E-state index contributed by atoms with van der Waals surface area (Å²) in [7, 11) is 1.74. The summed E-state index contributed by atoms with van der Waals surface area (Å²) in [6.45, 7) is 6.66. The number of piperidine rings is 1. The molecule has 0 spiro atoms. The fourth-order valence-electron chi connectivity index (χ4n) is 5.44. The maximum atomic E-state index is 13.3. The number of halogens is 1. The van der Waals surface area contributed by atoms with Gasteiger partial charge in [-0.1, -0.05) is 24.3 Å². The molecule has 7 nitrogen and oxygen atoms in total. The number of rotatable bonds is 14. The van der Waals surface area contributed by atoms with E-state index in [-0.39, 0.29) is 11.9 Å². The molecule has 1 N–H and O–H groups in total. The average molecular weight is 565 g/mol. The Bertz CT molecular complexity index is 1220.